The van der Waals surface area contributed by atoms with Crippen LogP contribution in [0.5, 0.6) is 0 Å². The van der Waals surface area contributed by atoms with Crippen LogP contribution >= 0.6 is 0 Å². The van der Waals surface area contributed by atoms with Crippen molar-refractivity contribution >= 4 is 5.97 Å². The summed E-state index contributed by atoms with van der Waals surface area (Å²) < 4.78 is 4.94. The van der Waals surface area contributed by atoms with Crippen molar-refractivity contribution in [3.63, 3.8) is 0 Å². The van der Waals surface area contributed by atoms with Gasteiger partial charge >= 0.3 is 5.97 Å². The zero-order chi connectivity index (χ0) is 11.1. The van der Waals surface area contributed by atoms with Gasteiger partial charge in [-0.2, -0.15) is 0 Å². The predicted molar refractivity (Wildman–Crippen MR) is 61.6 cm³/mol. The molecule has 1 atom stereocenters. The largest absolute Gasteiger partial charge is 0.466 e. The molecule has 0 spiro atoms. The monoisotopic (exact) mass is 212 g/mol. The Kier molecular flexibility index (Phi) is 5.74. The van der Waals surface area contributed by atoms with Crippen molar-refractivity contribution in [1.82, 2.24) is 0 Å². The molecular formula is C13H24O2. The van der Waals surface area contributed by atoms with Crippen LogP contribution in [0, 0.1) is 11.8 Å². The van der Waals surface area contributed by atoms with Gasteiger partial charge in [0.05, 0.1) is 6.61 Å². The molecule has 2 heteroatoms. The van der Waals surface area contributed by atoms with Crippen LogP contribution in [0.2, 0.25) is 0 Å². The molecule has 0 N–H and O–H groups in total. The maximum Gasteiger partial charge on any atom is 0.305 e. The number of rotatable bonds is 5. The van der Waals surface area contributed by atoms with Gasteiger partial charge in [-0.05, 0) is 25.2 Å². The second-order valence-corrected chi connectivity index (χ2v) is 4.72. The molecule has 0 unspecified atom stereocenters. The minimum absolute atomic E-state index is 0.0276. The molecule has 0 aromatic carbocycles. The van der Waals surface area contributed by atoms with E-state index >= 15 is 0 Å². The summed E-state index contributed by atoms with van der Waals surface area (Å²) in [4.78, 5) is 11.2. The Hall–Kier alpha value is -0.530. The smallest absolute Gasteiger partial charge is 0.305 e. The van der Waals surface area contributed by atoms with Crippen molar-refractivity contribution in [1.29, 1.82) is 0 Å². The van der Waals surface area contributed by atoms with Crippen molar-refractivity contribution in [2.45, 2.75) is 58.8 Å². The lowest BCUT2D eigenvalue weighted by Gasteiger charge is -2.27. The highest BCUT2D eigenvalue weighted by Gasteiger charge is 2.20. The molecule has 0 saturated heterocycles. The van der Waals surface area contributed by atoms with E-state index in [1.54, 1.807) is 0 Å². The van der Waals surface area contributed by atoms with E-state index in [4.69, 9.17) is 4.74 Å². The summed E-state index contributed by atoms with van der Waals surface area (Å²) in [6.45, 7) is 4.66. The molecular weight excluding hydrogens is 188 g/mol. The molecule has 0 heterocycles. The highest BCUT2D eigenvalue weighted by molar-refractivity contribution is 5.69. The van der Waals surface area contributed by atoms with Crippen LogP contribution in [0.15, 0.2) is 0 Å². The zero-order valence-corrected chi connectivity index (χ0v) is 10.1. The Morgan fingerprint density at radius 1 is 1.33 bits per heavy atom. The lowest BCUT2D eigenvalue weighted by molar-refractivity contribution is -0.143. The normalized spacial score (nSPS) is 19.9. The lowest BCUT2D eigenvalue weighted by atomic mass is 9.79. The zero-order valence-electron chi connectivity index (χ0n) is 10.1. The van der Waals surface area contributed by atoms with Crippen LogP contribution in [0.1, 0.15) is 58.8 Å². The Bertz CT molecular complexity index is 183. The van der Waals surface area contributed by atoms with Crippen LogP contribution in [0.4, 0.5) is 0 Å². The number of hydrogen-bond donors (Lipinski definition) is 0. The maximum absolute atomic E-state index is 11.2. The molecule has 1 aliphatic carbocycles. The van der Waals surface area contributed by atoms with Crippen LogP contribution in [-0.2, 0) is 9.53 Å². The Morgan fingerprint density at radius 2 is 2.00 bits per heavy atom. The Morgan fingerprint density at radius 3 is 2.60 bits per heavy atom. The molecule has 0 radical (unpaired) electrons. The number of carbonyl (C=O) groups is 1. The van der Waals surface area contributed by atoms with E-state index in [-0.39, 0.29) is 5.97 Å². The summed E-state index contributed by atoms with van der Waals surface area (Å²) in [7, 11) is 0. The van der Waals surface area contributed by atoms with Gasteiger partial charge in [0, 0.05) is 6.42 Å². The van der Waals surface area contributed by atoms with E-state index in [0.717, 1.165) is 12.3 Å². The van der Waals surface area contributed by atoms with Crippen molar-refractivity contribution in [2.75, 3.05) is 6.61 Å². The van der Waals surface area contributed by atoms with Crippen LogP contribution < -0.4 is 0 Å². The molecule has 88 valence electrons. The van der Waals surface area contributed by atoms with Gasteiger partial charge < -0.3 is 4.74 Å². The third kappa shape index (κ3) is 4.67. The second-order valence-electron chi connectivity index (χ2n) is 4.72. The number of esters is 1. The average Bonchev–Trinajstić information content (AvgIpc) is 2.27. The summed E-state index contributed by atoms with van der Waals surface area (Å²) in [5.74, 6) is 1.52. The van der Waals surface area contributed by atoms with E-state index in [2.05, 4.69) is 6.92 Å². The van der Waals surface area contributed by atoms with Gasteiger partial charge in [-0.1, -0.05) is 39.0 Å². The number of hydrogen-bond acceptors (Lipinski definition) is 2. The number of ether oxygens (including phenoxy) is 1. The fourth-order valence-electron chi connectivity index (χ4n) is 2.52. The third-order valence-corrected chi connectivity index (χ3v) is 3.56. The minimum Gasteiger partial charge on any atom is -0.466 e. The van der Waals surface area contributed by atoms with Gasteiger partial charge in [-0.3, -0.25) is 4.79 Å². The van der Waals surface area contributed by atoms with Gasteiger partial charge in [0.25, 0.3) is 0 Å². The predicted octanol–water partition coefficient (Wildman–Crippen LogP) is 3.55. The molecule has 1 fully saturated rings. The van der Waals surface area contributed by atoms with Crippen LogP contribution in [0.25, 0.3) is 0 Å². The molecule has 1 saturated carbocycles. The summed E-state index contributed by atoms with van der Waals surface area (Å²) in [5, 5.41) is 0. The second kappa shape index (κ2) is 6.86. The van der Waals surface area contributed by atoms with Crippen molar-refractivity contribution in [3.8, 4) is 0 Å². The van der Waals surface area contributed by atoms with Crippen molar-refractivity contribution in [2.24, 2.45) is 11.8 Å². The fourth-order valence-corrected chi connectivity index (χ4v) is 2.52. The highest BCUT2D eigenvalue weighted by Crippen LogP contribution is 2.31. The molecule has 1 rings (SSSR count). The summed E-state index contributed by atoms with van der Waals surface area (Å²) in [6, 6.07) is 0. The van der Waals surface area contributed by atoms with Gasteiger partial charge in [0.1, 0.15) is 0 Å². The molecule has 0 aromatic heterocycles. The van der Waals surface area contributed by atoms with E-state index in [1.807, 2.05) is 6.92 Å². The third-order valence-electron chi connectivity index (χ3n) is 3.56. The summed E-state index contributed by atoms with van der Waals surface area (Å²) >= 11 is 0. The van der Waals surface area contributed by atoms with Crippen molar-refractivity contribution < 1.29 is 9.53 Å². The SMILES string of the molecule is CCOC(=O)CC[C@@H](C)C1CCCCC1. The molecule has 15 heavy (non-hydrogen) atoms. The Balaban J connectivity index is 2.16. The first-order valence-electron chi connectivity index (χ1n) is 6.39. The fraction of sp³-hybridized carbons (Fsp3) is 0.923. The summed E-state index contributed by atoms with van der Waals surface area (Å²) in [6.07, 6.45) is 8.51. The Labute approximate surface area is 93.4 Å². The van der Waals surface area contributed by atoms with E-state index in [0.29, 0.717) is 18.9 Å². The van der Waals surface area contributed by atoms with Crippen LogP contribution in [-0.4, -0.2) is 12.6 Å². The van der Waals surface area contributed by atoms with Crippen LogP contribution in [0.3, 0.4) is 0 Å². The van der Waals surface area contributed by atoms with Gasteiger partial charge in [-0.25, -0.2) is 0 Å². The lowest BCUT2D eigenvalue weighted by Crippen LogP contribution is -2.17. The van der Waals surface area contributed by atoms with Crippen molar-refractivity contribution in [3.05, 3.63) is 0 Å². The standard InChI is InChI=1S/C13H24O2/c1-3-15-13(14)10-9-11(2)12-7-5-4-6-8-12/h11-12H,3-10H2,1-2H3/t11-/m1/s1. The first-order valence-corrected chi connectivity index (χ1v) is 6.39. The van der Waals surface area contributed by atoms with E-state index in [1.165, 1.54) is 32.1 Å². The first kappa shape index (κ1) is 12.5. The molecule has 0 amide bonds. The average molecular weight is 212 g/mol. The number of carbonyl (C=O) groups excluding carboxylic acids is 1. The van der Waals surface area contributed by atoms with E-state index < -0.39 is 0 Å². The minimum atomic E-state index is -0.0276. The molecule has 0 aromatic rings. The highest BCUT2D eigenvalue weighted by atomic mass is 16.5. The molecule has 0 bridgehead atoms. The van der Waals surface area contributed by atoms with Gasteiger partial charge in [0.2, 0.25) is 0 Å². The molecule has 0 aliphatic heterocycles. The first-order chi connectivity index (χ1) is 7.24. The van der Waals surface area contributed by atoms with Gasteiger partial charge in [0.15, 0.2) is 0 Å². The maximum atomic E-state index is 11.2. The topological polar surface area (TPSA) is 26.3 Å². The van der Waals surface area contributed by atoms with Gasteiger partial charge in [-0.15, -0.1) is 0 Å². The molecule has 2 nitrogen and oxygen atoms in total. The molecule has 1 aliphatic rings. The quantitative estimate of drug-likeness (QED) is 0.651. The van der Waals surface area contributed by atoms with E-state index in [9.17, 15) is 4.79 Å². The summed E-state index contributed by atoms with van der Waals surface area (Å²) in [5.41, 5.74) is 0.